The fourth-order valence-corrected chi connectivity index (χ4v) is 2.02. The molecular formula is C11H21NO2. The van der Waals surface area contributed by atoms with E-state index in [0.717, 1.165) is 19.0 Å². The Morgan fingerprint density at radius 2 is 2.21 bits per heavy atom. The van der Waals surface area contributed by atoms with Crippen molar-refractivity contribution >= 4 is 5.97 Å². The minimum atomic E-state index is -0.697. The van der Waals surface area contributed by atoms with Gasteiger partial charge in [-0.2, -0.15) is 0 Å². The van der Waals surface area contributed by atoms with Crippen LogP contribution in [0, 0.1) is 11.3 Å². The van der Waals surface area contributed by atoms with Crippen molar-refractivity contribution in [3.8, 4) is 0 Å². The van der Waals surface area contributed by atoms with E-state index in [9.17, 15) is 4.79 Å². The quantitative estimate of drug-likeness (QED) is 0.751. The minimum Gasteiger partial charge on any atom is -0.481 e. The van der Waals surface area contributed by atoms with Crippen molar-refractivity contribution in [2.24, 2.45) is 11.3 Å². The first-order valence-electron chi connectivity index (χ1n) is 5.41. The number of carbonyl (C=O) groups is 1. The molecule has 1 aliphatic heterocycles. The Labute approximate surface area is 86.1 Å². The second-order valence-corrected chi connectivity index (χ2v) is 4.99. The van der Waals surface area contributed by atoms with Crippen molar-refractivity contribution in [3.05, 3.63) is 0 Å². The molecular weight excluding hydrogens is 178 g/mol. The Hall–Kier alpha value is -0.570. The molecule has 14 heavy (non-hydrogen) atoms. The molecule has 0 aliphatic carbocycles. The molecule has 3 heteroatoms. The van der Waals surface area contributed by atoms with Gasteiger partial charge < -0.3 is 10.0 Å². The molecule has 3 nitrogen and oxygen atoms in total. The molecule has 1 rings (SSSR count). The lowest BCUT2D eigenvalue weighted by Crippen LogP contribution is -2.38. The molecule has 1 atom stereocenters. The molecule has 1 heterocycles. The molecule has 1 saturated heterocycles. The zero-order valence-electron chi connectivity index (χ0n) is 9.42. The SMILES string of the molecule is CCC1CCN(CC(C)(C)C(=O)O)C1. The van der Waals surface area contributed by atoms with Crippen molar-refractivity contribution in [3.63, 3.8) is 0 Å². The number of hydrogen-bond donors (Lipinski definition) is 1. The van der Waals surface area contributed by atoms with Crippen molar-refractivity contribution in [1.29, 1.82) is 0 Å². The Kier molecular flexibility index (Phi) is 3.53. The van der Waals surface area contributed by atoms with E-state index in [0.29, 0.717) is 6.54 Å². The molecule has 0 aromatic carbocycles. The van der Waals surface area contributed by atoms with E-state index in [1.54, 1.807) is 13.8 Å². The maximum absolute atomic E-state index is 10.9. The second-order valence-electron chi connectivity index (χ2n) is 4.99. The summed E-state index contributed by atoms with van der Waals surface area (Å²) in [6, 6.07) is 0. The first-order chi connectivity index (χ1) is 6.45. The van der Waals surface area contributed by atoms with Crippen molar-refractivity contribution in [1.82, 2.24) is 4.90 Å². The van der Waals surface area contributed by atoms with Crippen LogP contribution in [0.4, 0.5) is 0 Å². The minimum absolute atomic E-state index is 0.609. The third-order valence-corrected chi connectivity index (χ3v) is 3.15. The van der Waals surface area contributed by atoms with Gasteiger partial charge in [-0.15, -0.1) is 0 Å². The van der Waals surface area contributed by atoms with Crippen LogP contribution in [0.25, 0.3) is 0 Å². The highest BCUT2D eigenvalue weighted by molar-refractivity contribution is 5.73. The summed E-state index contributed by atoms with van der Waals surface area (Å²) < 4.78 is 0. The van der Waals surface area contributed by atoms with Gasteiger partial charge in [0.15, 0.2) is 0 Å². The Balaban J connectivity index is 2.42. The van der Waals surface area contributed by atoms with Gasteiger partial charge in [0.1, 0.15) is 0 Å². The maximum atomic E-state index is 10.9. The molecule has 0 radical (unpaired) electrons. The third kappa shape index (κ3) is 2.71. The number of carboxylic acid groups (broad SMARTS) is 1. The van der Waals surface area contributed by atoms with E-state index in [1.165, 1.54) is 12.8 Å². The summed E-state index contributed by atoms with van der Waals surface area (Å²) in [5.74, 6) is 0.0806. The molecule has 1 N–H and O–H groups in total. The van der Waals surface area contributed by atoms with Crippen LogP contribution in [0.2, 0.25) is 0 Å². The molecule has 1 fully saturated rings. The lowest BCUT2D eigenvalue weighted by Gasteiger charge is -2.26. The first kappa shape index (κ1) is 11.5. The summed E-state index contributed by atoms with van der Waals surface area (Å²) in [5, 5.41) is 9.00. The number of nitrogens with zero attached hydrogens (tertiary/aromatic N) is 1. The van der Waals surface area contributed by atoms with Gasteiger partial charge in [-0.1, -0.05) is 13.3 Å². The normalized spacial score (nSPS) is 24.1. The summed E-state index contributed by atoms with van der Waals surface area (Å²) in [4.78, 5) is 13.2. The van der Waals surface area contributed by atoms with Gasteiger partial charge in [0, 0.05) is 13.1 Å². The standard InChI is InChI=1S/C11H21NO2/c1-4-9-5-6-12(7-9)8-11(2,3)10(13)14/h9H,4-8H2,1-3H3,(H,13,14). The smallest absolute Gasteiger partial charge is 0.310 e. The monoisotopic (exact) mass is 199 g/mol. The fraction of sp³-hybridized carbons (Fsp3) is 0.909. The molecule has 0 bridgehead atoms. The van der Waals surface area contributed by atoms with E-state index in [-0.39, 0.29) is 0 Å². The number of hydrogen-bond acceptors (Lipinski definition) is 2. The molecule has 0 amide bonds. The van der Waals surface area contributed by atoms with Crippen LogP contribution in [-0.2, 0) is 4.79 Å². The van der Waals surface area contributed by atoms with E-state index in [4.69, 9.17) is 5.11 Å². The average molecular weight is 199 g/mol. The fourth-order valence-electron chi connectivity index (χ4n) is 2.02. The Morgan fingerprint density at radius 3 is 2.64 bits per heavy atom. The molecule has 0 saturated carbocycles. The highest BCUT2D eigenvalue weighted by Gasteiger charge is 2.32. The largest absolute Gasteiger partial charge is 0.481 e. The first-order valence-corrected chi connectivity index (χ1v) is 5.41. The van der Waals surface area contributed by atoms with Crippen LogP contribution >= 0.6 is 0 Å². The number of aliphatic carboxylic acids is 1. The molecule has 1 unspecified atom stereocenters. The van der Waals surface area contributed by atoms with Crippen LogP contribution < -0.4 is 0 Å². The summed E-state index contributed by atoms with van der Waals surface area (Å²) in [7, 11) is 0. The summed E-state index contributed by atoms with van der Waals surface area (Å²) in [6.07, 6.45) is 2.44. The molecule has 0 aromatic heterocycles. The van der Waals surface area contributed by atoms with Crippen LogP contribution in [0.3, 0.4) is 0 Å². The van der Waals surface area contributed by atoms with Gasteiger partial charge in [-0.25, -0.2) is 0 Å². The van der Waals surface area contributed by atoms with Gasteiger partial charge >= 0.3 is 5.97 Å². The lowest BCUT2D eigenvalue weighted by molar-refractivity contribution is -0.147. The Bertz CT molecular complexity index is 213. The third-order valence-electron chi connectivity index (χ3n) is 3.15. The average Bonchev–Trinajstić information content (AvgIpc) is 2.51. The van der Waals surface area contributed by atoms with Crippen molar-refractivity contribution in [2.75, 3.05) is 19.6 Å². The van der Waals surface area contributed by atoms with E-state index in [2.05, 4.69) is 11.8 Å². The summed E-state index contributed by atoms with van der Waals surface area (Å²) in [6.45, 7) is 8.63. The van der Waals surface area contributed by atoms with Crippen LogP contribution in [0.1, 0.15) is 33.6 Å². The topological polar surface area (TPSA) is 40.5 Å². The van der Waals surface area contributed by atoms with Crippen LogP contribution in [0.5, 0.6) is 0 Å². The highest BCUT2D eigenvalue weighted by Crippen LogP contribution is 2.24. The summed E-state index contributed by atoms with van der Waals surface area (Å²) >= 11 is 0. The molecule has 0 spiro atoms. The van der Waals surface area contributed by atoms with Gasteiger partial charge in [0.05, 0.1) is 5.41 Å². The Morgan fingerprint density at radius 1 is 1.57 bits per heavy atom. The zero-order valence-corrected chi connectivity index (χ0v) is 9.42. The summed E-state index contributed by atoms with van der Waals surface area (Å²) in [5.41, 5.74) is -0.609. The van der Waals surface area contributed by atoms with E-state index < -0.39 is 11.4 Å². The van der Waals surface area contributed by atoms with E-state index in [1.807, 2.05) is 0 Å². The highest BCUT2D eigenvalue weighted by atomic mass is 16.4. The van der Waals surface area contributed by atoms with Crippen molar-refractivity contribution in [2.45, 2.75) is 33.6 Å². The van der Waals surface area contributed by atoms with Crippen molar-refractivity contribution < 1.29 is 9.90 Å². The predicted octanol–water partition coefficient (Wildman–Crippen LogP) is 1.83. The number of carboxylic acids is 1. The number of rotatable bonds is 4. The van der Waals surface area contributed by atoms with Crippen LogP contribution in [0.15, 0.2) is 0 Å². The zero-order chi connectivity index (χ0) is 10.8. The van der Waals surface area contributed by atoms with Gasteiger partial charge in [-0.3, -0.25) is 4.79 Å². The predicted molar refractivity (Wildman–Crippen MR) is 56.3 cm³/mol. The molecule has 0 aromatic rings. The van der Waals surface area contributed by atoms with E-state index >= 15 is 0 Å². The number of likely N-dealkylation sites (tertiary alicyclic amines) is 1. The van der Waals surface area contributed by atoms with Gasteiger partial charge in [-0.05, 0) is 32.7 Å². The van der Waals surface area contributed by atoms with Gasteiger partial charge in [0.25, 0.3) is 0 Å². The maximum Gasteiger partial charge on any atom is 0.310 e. The van der Waals surface area contributed by atoms with Crippen LogP contribution in [-0.4, -0.2) is 35.6 Å². The lowest BCUT2D eigenvalue weighted by atomic mass is 9.93. The second kappa shape index (κ2) is 4.30. The molecule has 82 valence electrons. The molecule has 1 aliphatic rings. The van der Waals surface area contributed by atoms with Gasteiger partial charge in [0.2, 0.25) is 0 Å².